The van der Waals surface area contributed by atoms with Crippen molar-refractivity contribution in [3.05, 3.63) is 59.7 Å². The summed E-state index contributed by atoms with van der Waals surface area (Å²) in [6.45, 7) is 5.18. The average molecular weight is 350 g/mol. The van der Waals surface area contributed by atoms with Crippen LogP contribution in [-0.2, 0) is 0 Å². The van der Waals surface area contributed by atoms with Gasteiger partial charge < -0.3 is 4.90 Å². The number of aromatic nitrogens is 2. The second-order valence-electron chi connectivity index (χ2n) is 5.91. The van der Waals surface area contributed by atoms with Crippen molar-refractivity contribution in [1.29, 1.82) is 0 Å². The van der Waals surface area contributed by atoms with Gasteiger partial charge in [-0.25, -0.2) is 15.0 Å². The molecule has 0 saturated heterocycles. The van der Waals surface area contributed by atoms with Crippen molar-refractivity contribution in [2.24, 2.45) is 4.99 Å². The molecule has 1 aromatic carbocycles. The van der Waals surface area contributed by atoms with Gasteiger partial charge in [0.25, 0.3) is 0 Å². The molecule has 4 nitrogen and oxygen atoms in total. The van der Waals surface area contributed by atoms with Gasteiger partial charge in [0.1, 0.15) is 0 Å². The fourth-order valence-electron chi connectivity index (χ4n) is 2.32. The smallest absolute Gasteiger partial charge is 0.185 e. The minimum atomic E-state index is 0.158. The largest absolute Gasteiger partial charge is 0.351 e. The van der Waals surface area contributed by atoms with Crippen molar-refractivity contribution in [1.82, 2.24) is 9.97 Å². The van der Waals surface area contributed by atoms with Crippen molar-refractivity contribution in [2.75, 3.05) is 18.5 Å². The van der Waals surface area contributed by atoms with Crippen LogP contribution in [-0.4, -0.2) is 29.8 Å². The first kappa shape index (κ1) is 17.3. The van der Waals surface area contributed by atoms with Crippen LogP contribution in [0.25, 0.3) is 11.1 Å². The number of anilines is 1. The number of hydrogen-bond acceptors (Lipinski definition) is 5. The van der Waals surface area contributed by atoms with Crippen LogP contribution in [0.1, 0.15) is 25.5 Å². The SMILES string of the molecule is CCN(C)c1nc(C(C)C=Nc2ccc(-c3ccccc3)cn2)cs1. The minimum absolute atomic E-state index is 0.158. The molecule has 2 aromatic heterocycles. The molecular formula is C20H22N4S. The third-order valence-corrected chi connectivity index (χ3v) is 5.04. The van der Waals surface area contributed by atoms with Gasteiger partial charge in [0.05, 0.1) is 5.69 Å². The van der Waals surface area contributed by atoms with E-state index in [1.807, 2.05) is 36.7 Å². The van der Waals surface area contributed by atoms with Crippen molar-refractivity contribution in [3.63, 3.8) is 0 Å². The standard InChI is InChI=1S/C20H22N4S/c1-4-24(3)20-23-18(14-25-20)15(2)12-21-19-11-10-17(13-22-19)16-8-6-5-7-9-16/h5-15H,4H2,1-3H3. The van der Waals surface area contributed by atoms with E-state index < -0.39 is 0 Å². The van der Waals surface area contributed by atoms with Crippen LogP contribution in [0.3, 0.4) is 0 Å². The Hall–Kier alpha value is -2.53. The first-order chi connectivity index (χ1) is 12.2. The van der Waals surface area contributed by atoms with Gasteiger partial charge in [-0.3, -0.25) is 0 Å². The normalized spacial score (nSPS) is 12.4. The molecule has 5 heteroatoms. The van der Waals surface area contributed by atoms with Gasteiger partial charge in [-0.2, -0.15) is 0 Å². The molecule has 1 atom stereocenters. The highest BCUT2D eigenvalue weighted by Gasteiger charge is 2.10. The molecule has 0 aliphatic rings. The van der Waals surface area contributed by atoms with Crippen molar-refractivity contribution in [3.8, 4) is 11.1 Å². The number of rotatable bonds is 6. The van der Waals surface area contributed by atoms with E-state index in [9.17, 15) is 0 Å². The molecule has 0 bridgehead atoms. The lowest BCUT2D eigenvalue weighted by molar-refractivity contribution is 0.926. The quantitative estimate of drug-likeness (QED) is 0.576. The maximum Gasteiger partial charge on any atom is 0.185 e. The lowest BCUT2D eigenvalue weighted by Crippen LogP contribution is -2.15. The molecular weight excluding hydrogens is 328 g/mol. The third-order valence-electron chi connectivity index (χ3n) is 4.06. The van der Waals surface area contributed by atoms with E-state index in [0.717, 1.165) is 28.5 Å². The Morgan fingerprint density at radius 2 is 1.96 bits per heavy atom. The van der Waals surface area contributed by atoms with E-state index >= 15 is 0 Å². The number of nitrogens with zero attached hydrogens (tertiary/aromatic N) is 4. The zero-order valence-corrected chi connectivity index (χ0v) is 15.6. The topological polar surface area (TPSA) is 41.4 Å². The van der Waals surface area contributed by atoms with Crippen molar-refractivity contribution in [2.45, 2.75) is 19.8 Å². The molecule has 0 amide bonds. The zero-order valence-electron chi connectivity index (χ0n) is 14.8. The number of benzene rings is 1. The first-order valence-electron chi connectivity index (χ1n) is 8.39. The van der Waals surface area contributed by atoms with Gasteiger partial charge >= 0.3 is 0 Å². The van der Waals surface area contributed by atoms with Crippen LogP contribution >= 0.6 is 11.3 Å². The van der Waals surface area contributed by atoms with Crippen molar-refractivity contribution >= 4 is 28.5 Å². The predicted molar refractivity (Wildman–Crippen MR) is 107 cm³/mol. The van der Waals surface area contributed by atoms with E-state index in [4.69, 9.17) is 0 Å². The molecule has 128 valence electrons. The molecule has 0 aliphatic heterocycles. The summed E-state index contributed by atoms with van der Waals surface area (Å²) >= 11 is 1.67. The fraction of sp³-hybridized carbons (Fsp3) is 0.250. The van der Waals surface area contributed by atoms with Crippen LogP contribution in [0.2, 0.25) is 0 Å². The van der Waals surface area contributed by atoms with Crippen LogP contribution in [0.5, 0.6) is 0 Å². The molecule has 1 unspecified atom stereocenters. The molecule has 2 heterocycles. The molecule has 0 fully saturated rings. The highest BCUT2D eigenvalue weighted by atomic mass is 32.1. The Morgan fingerprint density at radius 3 is 2.64 bits per heavy atom. The van der Waals surface area contributed by atoms with Gasteiger partial charge in [-0.1, -0.05) is 37.3 Å². The van der Waals surface area contributed by atoms with E-state index in [0.29, 0.717) is 5.82 Å². The summed E-state index contributed by atoms with van der Waals surface area (Å²) in [5, 5.41) is 3.15. The third kappa shape index (κ3) is 4.31. The summed E-state index contributed by atoms with van der Waals surface area (Å²) in [6.07, 6.45) is 3.78. The number of hydrogen-bond donors (Lipinski definition) is 0. The lowest BCUT2D eigenvalue weighted by atomic mass is 10.1. The van der Waals surface area contributed by atoms with Gasteiger partial charge in [-0.05, 0) is 24.6 Å². The number of aliphatic imine (C=N–C) groups is 1. The predicted octanol–water partition coefficient (Wildman–Crippen LogP) is 5.17. The molecule has 25 heavy (non-hydrogen) atoms. The Bertz CT molecular complexity index is 824. The van der Waals surface area contributed by atoms with Gasteiger partial charge in [0.2, 0.25) is 0 Å². The molecule has 0 N–H and O–H groups in total. The second kappa shape index (κ2) is 8.03. The second-order valence-corrected chi connectivity index (χ2v) is 6.74. The lowest BCUT2D eigenvalue weighted by Gasteiger charge is -2.11. The Morgan fingerprint density at radius 1 is 1.16 bits per heavy atom. The van der Waals surface area contributed by atoms with Crippen LogP contribution in [0, 0.1) is 0 Å². The van der Waals surface area contributed by atoms with Crippen molar-refractivity contribution < 1.29 is 0 Å². The molecule has 0 spiro atoms. The fourth-order valence-corrected chi connectivity index (χ4v) is 3.28. The maximum absolute atomic E-state index is 4.68. The van der Waals surface area contributed by atoms with Crippen LogP contribution in [0.15, 0.2) is 59.0 Å². The number of thiazole rings is 1. The molecule has 3 aromatic rings. The van der Waals surface area contributed by atoms with E-state index in [1.165, 1.54) is 0 Å². The summed E-state index contributed by atoms with van der Waals surface area (Å²) in [4.78, 5) is 15.8. The maximum atomic E-state index is 4.68. The average Bonchev–Trinajstić information content (AvgIpc) is 3.17. The first-order valence-corrected chi connectivity index (χ1v) is 9.27. The monoisotopic (exact) mass is 350 g/mol. The van der Waals surface area contributed by atoms with E-state index in [1.54, 1.807) is 11.3 Å². The Balaban J connectivity index is 1.68. The zero-order chi connectivity index (χ0) is 17.6. The summed E-state index contributed by atoms with van der Waals surface area (Å²) in [5.74, 6) is 0.874. The Kier molecular flexibility index (Phi) is 5.56. The van der Waals surface area contributed by atoms with Crippen LogP contribution in [0.4, 0.5) is 10.9 Å². The van der Waals surface area contributed by atoms with Gasteiger partial charge in [0.15, 0.2) is 10.9 Å². The Labute approximate surface area is 152 Å². The summed E-state index contributed by atoms with van der Waals surface area (Å²) < 4.78 is 0. The molecule has 3 rings (SSSR count). The summed E-state index contributed by atoms with van der Waals surface area (Å²) in [7, 11) is 2.06. The van der Waals surface area contributed by atoms with Crippen LogP contribution < -0.4 is 4.90 Å². The summed E-state index contributed by atoms with van der Waals surface area (Å²) in [5.41, 5.74) is 3.30. The summed E-state index contributed by atoms with van der Waals surface area (Å²) in [6, 6.07) is 14.2. The number of pyridine rings is 1. The van der Waals surface area contributed by atoms with Gasteiger partial charge in [-0.15, -0.1) is 11.3 Å². The van der Waals surface area contributed by atoms with E-state index in [2.05, 4.69) is 64.3 Å². The molecule has 0 aliphatic carbocycles. The highest BCUT2D eigenvalue weighted by molar-refractivity contribution is 7.13. The molecule has 0 radical (unpaired) electrons. The van der Waals surface area contributed by atoms with Gasteiger partial charge in [0, 0.05) is 42.9 Å². The highest BCUT2D eigenvalue weighted by Crippen LogP contribution is 2.24. The minimum Gasteiger partial charge on any atom is -0.351 e. The molecule has 0 saturated carbocycles. The van der Waals surface area contributed by atoms with E-state index in [-0.39, 0.29) is 5.92 Å².